The van der Waals surface area contributed by atoms with Gasteiger partial charge in [-0.15, -0.1) is 0 Å². The van der Waals surface area contributed by atoms with Crippen LogP contribution in [-0.4, -0.2) is 21.3 Å². The molecule has 1 N–H and O–H groups in total. The van der Waals surface area contributed by atoms with E-state index < -0.39 is 0 Å². The number of rotatable bonds is 5. The highest BCUT2D eigenvalue weighted by molar-refractivity contribution is 9.10. The van der Waals surface area contributed by atoms with Gasteiger partial charge in [0.05, 0.1) is 21.4 Å². The van der Waals surface area contributed by atoms with Crippen LogP contribution in [0.1, 0.15) is 19.5 Å². The minimum Gasteiger partial charge on any atom is -0.311 e. The molecule has 0 amide bonds. The number of nitrogens with zero attached hydrogens (tertiary/aromatic N) is 3. The van der Waals surface area contributed by atoms with Crippen molar-refractivity contribution in [2.45, 2.75) is 20.4 Å². The summed E-state index contributed by atoms with van der Waals surface area (Å²) in [5.74, 6) is 1.36. The Morgan fingerprint density at radius 2 is 2.21 bits per heavy atom. The molecule has 0 saturated heterocycles. The van der Waals surface area contributed by atoms with Crippen LogP contribution in [0.25, 0.3) is 5.82 Å². The first-order valence-electron chi connectivity index (χ1n) is 6.13. The lowest BCUT2D eigenvalue weighted by molar-refractivity contribution is 0.548. The first kappa shape index (κ1) is 14.5. The van der Waals surface area contributed by atoms with Gasteiger partial charge in [0.15, 0.2) is 5.82 Å². The predicted octanol–water partition coefficient (Wildman–Crippen LogP) is 3.43. The maximum atomic E-state index is 6.16. The SMILES string of the molecule is CC(C)CNCc1nc(-n2cc(Br)cn2)ccc1Cl. The van der Waals surface area contributed by atoms with Gasteiger partial charge in [0.2, 0.25) is 0 Å². The second-order valence-electron chi connectivity index (χ2n) is 4.73. The molecule has 0 unspecified atom stereocenters. The van der Waals surface area contributed by atoms with E-state index in [2.05, 4.69) is 45.2 Å². The molecule has 2 aromatic rings. The van der Waals surface area contributed by atoms with Crippen molar-refractivity contribution >= 4 is 27.5 Å². The van der Waals surface area contributed by atoms with Crippen LogP contribution in [0.2, 0.25) is 5.02 Å². The molecule has 19 heavy (non-hydrogen) atoms. The molecule has 0 bridgehead atoms. The van der Waals surface area contributed by atoms with Crippen LogP contribution < -0.4 is 5.32 Å². The summed E-state index contributed by atoms with van der Waals surface area (Å²) in [5, 5.41) is 8.22. The molecule has 0 aliphatic carbocycles. The van der Waals surface area contributed by atoms with Crippen molar-refractivity contribution in [2.24, 2.45) is 5.92 Å². The Labute approximate surface area is 126 Å². The second-order valence-corrected chi connectivity index (χ2v) is 6.05. The summed E-state index contributed by atoms with van der Waals surface area (Å²) < 4.78 is 2.63. The van der Waals surface area contributed by atoms with Crippen molar-refractivity contribution in [2.75, 3.05) is 6.54 Å². The molecule has 0 atom stereocenters. The number of pyridine rings is 1. The fourth-order valence-corrected chi connectivity index (χ4v) is 2.09. The predicted molar refractivity (Wildman–Crippen MR) is 80.6 cm³/mol. The van der Waals surface area contributed by atoms with Crippen LogP contribution in [0.15, 0.2) is 29.0 Å². The number of halogens is 2. The zero-order valence-corrected chi connectivity index (χ0v) is 13.2. The molecule has 0 saturated carbocycles. The quantitative estimate of drug-likeness (QED) is 0.904. The van der Waals surface area contributed by atoms with Gasteiger partial charge in [-0.05, 0) is 40.5 Å². The Bertz CT molecular complexity index is 553. The third-order valence-electron chi connectivity index (χ3n) is 2.53. The highest BCUT2D eigenvalue weighted by Crippen LogP contribution is 2.17. The fraction of sp³-hybridized carbons (Fsp3) is 0.385. The minimum absolute atomic E-state index is 0.601. The standard InChI is InChI=1S/C13H16BrClN4/c1-9(2)5-16-7-12-11(15)3-4-13(18-12)19-8-10(14)6-17-19/h3-4,6,8-9,16H,5,7H2,1-2H3. The van der Waals surface area contributed by atoms with Crippen LogP contribution in [0, 0.1) is 5.92 Å². The molecule has 0 radical (unpaired) electrons. The van der Waals surface area contributed by atoms with Gasteiger partial charge >= 0.3 is 0 Å². The lowest BCUT2D eigenvalue weighted by Crippen LogP contribution is -2.20. The van der Waals surface area contributed by atoms with E-state index in [4.69, 9.17) is 11.6 Å². The van der Waals surface area contributed by atoms with Crippen LogP contribution >= 0.6 is 27.5 Å². The molecule has 102 valence electrons. The number of hydrogen-bond acceptors (Lipinski definition) is 3. The van der Waals surface area contributed by atoms with Crippen molar-refractivity contribution < 1.29 is 0 Å². The Kier molecular flexibility index (Phi) is 4.96. The average molecular weight is 344 g/mol. The molecule has 2 rings (SSSR count). The molecule has 4 nitrogen and oxygen atoms in total. The first-order chi connectivity index (χ1) is 9.06. The van der Waals surface area contributed by atoms with E-state index in [0.717, 1.165) is 22.5 Å². The van der Waals surface area contributed by atoms with E-state index in [1.54, 1.807) is 10.9 Å². The highest BCUT2D eigenvalue weighted by Gasteiger charge is 2.06. The molecular weight excluding hydrogens is 328 g/mol. The van der Waals surface area contributed by atoms with E-state index in [1.807, 2.05) is 18.3 Å². The zero-order chi connectivity index (χ0) is 13.8. The lowest BCUT2D eigenvalue weighted by atomic mass is 10.2. The van der Waals surface area contributed by atoms with Crippen molar-refractivity contribution in [3.63, 3.8) is 0 Å². The summed E-state index contributed by atoms with van der Waals surface area (Å²) in [5.41, 5.74) is 0.839. The molecule has 0 aliphatic rings. The minimum atomic E-state index is 0.601. The van der Waals surface area contributed by atoms with Crippen LogP contribution in [-0.2, 0) is 6.54 Å². The van der Waals surface area contributed by atoms with Gasteiger partial charge in [0.1, 0.15) is 0 Å². The number of aromatic nitrogens is 3. The van der Waals surface area contributed by atoms with Gasteiger partial charge in [-0.2, -0.15) is 5.10 Å². The number of nitrogens with one attached hydrogen (secondary N) is 1. The summed E-state index contributed by atoms with van der Waals surface area (Å²) in [6.45, 7) is 5.93. The molecule has 0 fully saturated rings. The van der Waals surface area contributed by atoms with E-state index >= 15 is 0 Å². The van der Waals surface area contributed by atoms with Crippen LogP contribution in [0.5, 0.6) is 0 Å². The first-order valence-corrected chi connectivity index (χ1v) is 7.30. The summed E-state index contributed by atoms with van der Waals surface area (Å²) in [6.07, 6.45) is 3.59. The van der Waals surface area contributed by atoms with Crippen molar-refractivity contribution in [1.29, 1.82) is 0 Å². The largest absolute Gasteiger partial charge is 0.311 e. The summed E-state index contributed by atoms with van der Waals surface area (Å²) in [6, 6.07) is 3.71. The van der Waals surface area contributed by atoms with Crippen molar-refractivity contribution in [3.8, 4) is 5.82 Å². The zero-order valence-electron chi connectivity index (χ0n) is 10.9. The van der Waals surface area contributed by atoms with Crippen LogP contribution in [0.4, 0.5) is 0 Å². The Morgan fingerprint density at radius 1 is 1.42 bits per heavy atom. The molecule has 2 heterocycles. The number of hydrogen-bond donors (Lipinski definition) is 1. The highest BCUT2D eigenvalue weighted by atomic mass is 79.9. The fourth-order valence-electron chi connectivity index (χ4n) is 1.63. The lowest BCUT2D eigenvalue weighted by Gasteiger charge is -2.09. The molecular formula is C13H16BrClN4. The van der Waals surface area contributed by atoms with Gasteiger partial charge < -0.3 is 5.32 Å². The van der Waals surface area contributed by atoms with Gasteiger partial charge in [-0.3, -0.25) is 0 Å². The Morgan fingerprint density at radius 3 is 2.84 bits per heavy atom. The molecule has 0 aromatic carbocycles. The van der Waals surface area contributed by atoms with Crippen molar-refractivity contribution in [3.05, 3.63) is 39.7 Å². The molecule has 2 aromatic heterocycles. The van der Waals surface area contributed by atoms with Crippen LogP contribution in [0.3, 0.4) is 0 Å². The maximum Gasteiger partial charge on any atom is 0.153 e. The summed E-state index contributed by atoms with van der Waals surface area (Å²) in [7, 11) is 0. The van der Waals surface area contributed by atoms with E-state index in [-0.39, 0.29) is 0 Å². The topological polar surface area (TPSA) is 42.7 Å². The van der Waals surface area contributed by atoms with E-state index in [9.17, 15) is 0 Å². The molecule has 0 aliphatic heterocycles. The molecule has 6 heteroatoms. The maximum absolute atomic E-state index is 6.16. The summed E-state index contributed by atoms with van der Waals surface area (Å²) >= 11 is 9.53. The van der Waals surface area contributed by atoms with Crippen molar-refractivity contribution in [1.82, 2.24) is 20.1 Å². The smallest absolute Gasteiger partial charge is 0.153 e. The Hall–Kier alpha value is -0.910. The third kappa shape index (κ3) is 4.03. The van der Waals surface area contributed by atoms with E-state index in [0.29, 0.717) is 17.5 Å². The van der Waals surface area contributed by atoms with E-state index in [1.165, 1.54) is 0 Å². The second kappa shape index (κ2) is 6.50. The van der Waals surface area contributed by atoms with Gasteiger partial charge in [0, 0.05) is 12.7 Å². The summed E-state index contributed by atoms with van der Waals surface area (Å²) in [4.78, 5) is 4.54. The average Bonchev–Trinajstić information content (AvgIpc) is 2.78. The van der Waals surface area contributed by atoms with Gasteiger partial charge in [-0.25, -0.2) is 9.67 Å². The normalized spacial score (nSPS) is 11.2. The third-order valence-corrected chi connectivity index (χ3v) is 3.29. The Balaban J connectivity index is 2.15. The van der Waals surface area contributed by atoms with Gasteiger partial charge in [0.25, 0.3) is 0 Å². The monoisotopic (exact) mass is 342 g/mol. The molecule has 0 spiro atoms. The van der Waals surface area contributed by atoms with Gasteiger partial charge in [-0.1, -0.05) is 25.4 Å².